The second kappa shape index (κ2) is 10.7. The molecule has 152 valence electrons. The van der Waals surface area contributed by atoms with Crippen LogP contribution in [0, 0.1) is 19.8 Å². The quantitative estimate of drug-likeness (QED) is 0.670. The molecule has 1 heterocycles. The molecule has 0 saturated carbocycles. The van der Waals surface area contributed by atoms with Crippen molar-refractivity contribution >= 4 is 11.8 Å². The highest BCUT2D eigenvalue weighted by Gasteiger charge is 2.21. The van der Waals surface area contributed by atoms with Gasteiger partial charge in [-0.3, -0.25) is 9.59 Å². The lowest BCUT2D eigenvalue weighted by molar-refractivity contribution is -0.121. The van der Waals surface area contributed by atoms with E-state index in [4.69, 9.17) is 4.42 Å². The summed E-state index contributed by atoms with van der Waals surface area (Å²) in [5.74, 6) is 1.75. The minimum absolute atomic E-state index is 0.0293. The van der Waals surface area contributed by atoms with Gasteiger partial charge in [-0.15, -0.1) is 0 Å². The second-order valence-electron chi connectivity index (χ2n) is 7.64. The molecule has 1 aromatic heterocycles. The van der Waals surface area contributed by atoms with Crippen molar-refractivity contribution in [1.82, 2.24) is 10.2 Å². The van der Waals surface area contributed by atoms with E-state index in [9.17, 15) is 9.59 Å². The summed E-state index contributed by atoms with van der Waals surface area (Å²) < 4.78 is 5.51. The zero-order chi connectivity index (χ0) is 20.5. The first-order chi connectivity index (χ1) is 13.4. The van der Waals surface area contributed by atoms with Gasteiger partial charge in [-0.05, 0) is 44.2 Å². The highest BCUT2D eigenvalue weighted by atomic mass is 16.3. The molecule has 0 spiro atoms. The molecule has 0 bridgehead atoms. The third-order valence-electron chi connectivity index (χ3n) is 4.72. The average molecular weight is 385 g/mol. The second-order valence-corrected chi connectivity index (χ2v) is 7.64. The summed E-state index contributed by atoms with van der Waals surface area (Å²) in [6.07, 6.45) is 2.00. The maximum atomic E-state index is 12.9. The monoisotopic (exact) mass is 384 g/mol. The van der Waals surface area contributed by atoms with Gasteiger partial charge < -0.3 is 14.6 Å². The van der Waals surface area contributed by atoms with E-state index in [1.807, 2.05) is 37.3 Å². The van der Waals surface area contributed by atoms with Gasteiger partial charge in [0.1, 0.15) is 11.5 Å². The summed E-state index contributed by atoms with van der Waals surface area (Å²) in [6.45, 7) is 9.55. The summed E-state index contributed by atoms with van der Waals surface area (Å²) in [6, 6.07) is 11.8. The molecule has 0 saturated heterocycles. The predicted octanol–water partition coefficient (Wildman–Crippen LogP) is 4.13. The van der Waals surface area contributed by atoms with Crippen molar-refractivity contribution in [2.24, 2.45) is 5.92 Å². The summed E-state index contributed by atoms with van der Waals surface area (Å²) >= 11 is 0. The van der Waals surface area contributed by atoms with Gasteiger partial charge in [-0.2, -0.15) is 0 Å². The first-order valence-corrected chi connectivity index (χ1v) is 10.0. The molecule has 0 unspecified atom stereocenters. The standard InChI is InChI=1S/C23H32N2O3/c1-17(2)11-14-25(23(27)21-16-18(3)28-19(21)4)15-12-22(26)24-13-10-20-8-6-5-7-9-20/h5-9,16-17H,10-15H2,1-4H3,(H,24,26). The third-order valence-corrected chi connectivity index (χ3v) is 4.72. The van der Waals surface area contributed by atoms with Gasteiger partial charge >= 0.3 is 0 Å². The number of furan rings is 1. The fourth-order valence-corrected chi connectivity index (χ4v) is 3.06. The van der Waals surface area contributed by atoms with Gasteiger partial charge in [0.05, 0.1) is 5.56 Å². The van der Waals surface area contributed by atoms with Gasteiger partial charge in [-0.1, -0.05) is 44.2 Å². The molecule has 2 rings (SSSR count). The predicted molar refractivity (Wildman–Crippen MR) is 111 cm³/mol. The van der Waals surface area contributed by atoms with Crippen LogP contribution in [0.3, 0.4) is 0 Å². The van der Waals surface area contributed by atoms with E-state index >= 15 is 0 Å². The molecule has 2 aromatic rings. The van der Waals surface area contributed by atoms with E-state index in [1.54, 1.807) is 17.9 Å². The smallest absolute Gasteiger partial charge is 0.257 e. The molecule has 0 aliphatic rings. The molecule has 0 radical (unpaired) electrons. The van der Waals surface area contributed by atoms with E-state index in [0.29, 0.717) is 43.3 Å². The maximum absolute atomic E-state index is 12.9. The SMILES string of the molecule is Cc1cc(C(=O)N(CCC(=O)NCCc2ccccc2)CCC(C)C)c(C)o1. The number of benzene rings is 1. The molecule has 1 aromatic carbocycles. The van der Waals surface area contributed by atoms with Crippen LogP contribution in [-0.2, 0) is 11.2 Å². The van der Waals surface area contributed by atoms with Gasteiger partial charge in [0.2, 0.25) is 5.91 Å². The lowest BCUT2D eigenvalue weighted by Gasteiger charge is -2.23. The molecule has 0 fully saturated rings. The Kier molecular flexibility index (Phi) is 8.30. The zero-order valence-corrected chi connectivity index (χ0v) is 17.5. The van der Waals surface area contributed by atoms with Crippen molar-refractivity contribution < 1.29 is 14.0 Å². The number of nitrogens with zero attached hydrogens (tertiary/aromatic N) is 1. The van der Waals surface area contributed by atoms with Gasteiger partial charge in [0.15, 0.2) is 0 Å². The molecule has 0 aliphatic carbocycles. The van der Waals surface area contributed by atoms with E-state index in [1.165, 1.54) is 5.56 Å². The number of hydrogen-bond donors (Lipinski definition) is 1. The highest BCUT2D eigenvalue weighted by molar-refractivity contribution is 5.95. The summed E-state index contributed by atoms with van der Waals surface area (Å²) in [4.78, 5) is 26.9. The molecular weight excluding hydrogens is 352 g/mol. The molecule has 5 heteroatoms. The molecule has 0 aliphatic heterocycles. The van der Waals surface area contributed by atoms with Crippen molar-refractivity contribution in [3.63, 3.8) is 0 Å². The Balaban J connectivity index is 1.88. The van der Waals surface area contributed by atoms with Crippen LogP contribution in [0.5, 0.6) is 0 Å². The number of nitrogens with one attached hydrogen (secondary N) is 1. The Bertz CT molecular complexity index is 765. The van der Waals surface area contributed by atoms with E-state index < -0.39 is 0 Å². The van der Waals surface area contributed by atoms with Crippen LogP contribution in [0.1, 0.15) is 54.1 Å². The largest absolute Gasteiger partial charge is 0.466 e. The molecular formula is C23H32N2O3. The molecule has 1 N–H and O–H groups in total. The number of rotatable bonds is 10. The van der Waals surface area contributed by atoms with Crippen molar-refractivity contribution in [2.45, 2.75) is 47.0 Å². The van der Waals surface area contributed by atoms with Crippen LogP contribution in [0.4, 0.5) is 0 Å². The minimum atomic E-state index is -0.0629. The van der Waals surface area contributed by atoms with Crippen LogP contribution in [0.25, 0.3) is 0 Å². The van der Waals surface area contributed by atoms with Crippen LogP contribution in [0.2, 0.25) is 0 Å². The average Bonchev–Trinajstić information content (AvgIpc) is 3.00. The van der Waals surface area contributed by atoms with Crippen molar-refractivity contribution in [3.8, 4) is 0 Å². The topological polar surface area (TPSA) is 62.6 Å². The van der Waals surface area contributed by atoms with Crippen LogP contribution < -0.4 is 5.32 Å². The number of amides is 2. The summed E-state index contributed by atoms with van der Waals surface area (Å²) in [5.41, 5.74) is 1.79. The number of carbonyl (C=O) groups is 2. The third kappa shape index (κ3) is 6.87. The lowest BCUT2D eigenvalue weighted by Crippen LogP contribution is -2.37. The fourth-order valence-electron chi connectivity index (χ4n) is 3.06. The van der Waals surface area contributed by atoms with E-state index in [-0.39, 0.29) is 11.8 Å². The zero-order valence-electron chi connectivity index (χ0n) is 17.5. The Morgan fingerprint density at radius 3 is 2.43 bits per heavy atom. The molecule has 5 nitrogen and oxygen atoms in total. The van der Waals surface area contributed by atoms with Crippen LogP contribution in [-0.4, -0.2) is 36.3 Å². The van der Waals surface area contributed by atoms with E-state index in [0.717, 1.165) is 18.6 Å². The Labute approximate surface area is 168 Å². The Morgan fingerprint density at radius 2 is 1.82 bits per heavy atom. The molecule has 2 amide bonds. The van der Waals surface area contributed by atoms with Crippen molar-refractivity contribution in [2.75, 3.05) is 19.6 Å². The van der Waals surface area contributed by atoms with Crippen LogP contribution >= 0.6 is 0 Å². The molecule has 0 atom stereocenters. The van der Waals surface area contributed by atoms with Gasteiger partial charge in [0.25, 0.3) is 5.91 Å². The van der Waals surface area contributed by atoms with Crippen molar-refractivity contribution in [1.29, 1.82) is 0 Å². The number of aryl methyl sites for hydroxylation is 2. The van der Waals surface area contributed by atoms with E-state index in [2.05, 4.69) is 19.2 Å². The summed E-state index contributed by atoms with van der Waals surface area (Å²) in [5, 5.41) is 2.95. The first kappa shape index (κ1) is 21.7. The number of carbonyl (C=O) groups excluding carboxylic acids is 2. The van der Waals surface area contributed by atoms with Crippen LogP contribution in [0.15, 0.2) is 40.8 Å². The lowest BCUT2D eigenvalue weighted by atomic mass is 10.1. The molecule has 28 heavy (non-hydrogen) atoms. The fraction of sp³-hybridized carbons (Fsp3) is 0.478. The Morgan fingerprint density at radius 1 is 1.11 bits per heavy atom. The number of hydrogen-bond acceptors (Lipinski definition) is 3. The normalized spacial score (nSPS) is 10.9. The van der Waals surface area contributed by atoms with Crippen molar-refractivity contribution in [3.05, 3.63) is 59.0 Å². The highest BCUT2D eigenvalue weighted by Crippen LogP contribution is 2.17. The first-order valence-electron chi connectivity index (χ1n) is 10.0. The Hall–Kier alpha value is -2.56. The van der Waals surface area contributed by atoms with Gasteiger partial charge in [-0.25, -0.2) is 0 Å². The maximum Gasteiger partial charge on any atom is 0.257 e. The minimum Gasteiger partial charge on any atom is -0.466 e. The summed E-state index contributed by atoms with van der Waals surface area (Å²) in [7, 11) is 0. The van der Waals surface area contributed by atoms with Gasteiger partial charge in [0, 0.05) is 26.1 Å².